The van der Waals surface area contributed by atoms with Crippen LogP contribution >= 0.6 is 0 Å². The summed E-state index contributed by atoms with van der Waals surface area (Å²) in [5.41, 5.74) is 2.99. The van der Waals surface area contributed by atoms with Crippen LogP contribution in [0.5, 0.6) is 0 Å². The van der Waals surface area contributed by atoms with Crippen LogP contribution in [0.1, 0.15) is 54.5 Å². The minimum absolute atomic E-state index is 0.129. The highest BCUT2D eigenvalue weighted by atomic mass is 32.2. The topological polar surface area (TPSA) is 105 Å². The van der Waals surface area contributed by atoms with Crippen molar-refractivity contribution in [1.29, 1.82) is 0 Å². The molecule has 30 heavy (non-hydrogen) atoms. The molecule has 1 atom stereocenters. The lowest BCUT2D eigenvalue weighted by atomic mass is 9.98. The van der Waals surface area contributed by atoms with E-state index >= 15 is 0 Å². The molecule has 2 aliphatic carbocycles. The van der Waals surface area contributed by atoms with Gasteiger partial charge in [0, 0.05) is 5.69 Å². The smallest absolute Gasteiger partial charge is 0.354 e. The van der Waals surface area contributed by atoms with Crippen LogP contribution in [-0.2, 0) is 41.2 Å². The average molecular weight is 432 g/mol. The maximum absolute atomic E-state index is 14.8. The van der Waals surface area contributed by atoms with Crippen molar-refractivity contribution in [1.82, 2.24) is 0 Å². The molecule has 0 aliphatic heterocycles. The fourth-order valence-electron chi connectivity index (χ4n) is 4.40. The van der Waals surface area contributed by atoms with E-state index in [-0.39, 0.29) is 10.7 Å². The van der Waals surface area contributed by atoms with Gasteiger partial charge in [0.15, 0.2) is 0 Å². The summed E-state index contributed by atoms with van der Waals surface area (Å²) >= 11 is 0. The van der Waals surface area contributed by atoms with E-state index in [9.17, 15) is 18.5 Å². The van der Waals surface area contributed by atoms with Crippen molar-refractivity contribution in [3.8, 4) is 0 Å². The zero-order valence-electron chi connectivity index (χ0n) is 17.1. The molecule has 8 heteroatoms. The van der Waals surface area contributed by atoms with Crippen molar-refractivity contribution >= 4 is 21.6 Å². The van der Waals surface area contributed by atoms with E-state index in [4.69, 9.17) is 5.14 Å². The molecule has 0 bridgehead atoms. The summed E-state index contributed by atoms with van der Waals surface area (Å²) in [6.07, 6.45) is 4.39. The number of urea groups is 1. The van der Waals surface area contributed by atoms with Crippen LogP contribution in [0.2, 0.25) is 0 Å². The predicted octanol–water partition coefficient (Wildman–Crippen LogP) is 3.96. The number of fused-ring (bicyclic) bond motifs is 2. The molecule has 2 aromatic rings. The van der Waals surface area contributed by atoms with Crippen LogP contribution in [0.4, 0.5) is 14.9 Å². The molecule has 0 saturated carbocycles. The number of nitrogens with one attached hydrogen (secondary N) is 1. The SMILES string of the molecule is CC(C)(O)c1cccc([S@@](N)(=O)=NC(=O)Nc2c3c(c(F)c4c2CCC4)CCC3)c1. The largest absolute Gasteiger partial charge is 0.386 e. The number of nitrogens with two attached hydrogens (primary N) is 1. The molecule has 4 N–H and O–H groups in total. The summed E-state index contributed by atoms with van der Waals surface area (Å²) in [7, 11) is -3.52. The molecule has 2 aromatic carbocycles. The summed E-state index contributed by atoms with van der Waals surface area (Å²) in [5.74, 6) is -0.129. The molecular formula is C22H26FN3O3S. The van der Waals surface area contributed by atoms with Gasteiger partial charge in [-0.3, -0.25) is 0 Å². The summed E-state index contributed by atoms with van der Waals surface area (Å²) < 4.78 is 31.5. The van der Waals surface area contributed by atoms with E-state index in [1.54, 1.807) is 26.0 Å². The first kappa shape index (κ1) is 21.0. The van der Waals surface area contributed by atoms with E-state index in [1.165, 1.54) is 12.1 Å². The maximum atomic E-state index is 14.8. The van der Waals surface area contributed by atoms with Gasteiger partial charge < -0.3 is 10.4 Å². The van der Waals surface area contributed by atoms with Crippen molar-refractivity contribution in [2.24, 2.45) is 9.50 Å². The Balaban J connectivity index is 1.69. The predicted molar refractivity (Wildman–Crippen MR) is 114 cm³/mol. The van der Waals surface area contributed by atoms with E-state index in [2.05, 4.69) is 9.68 Å². The molecule has 0 unspecified atom stereocenters. The highest BCUT2D eigenvalue weighted by molar-refractivity contribution is 7.91. The highest BCUT2D eigenvalue weighted by Gasteiger charge is 2.30. The first-order valence-corrected chi connectivity index (χ1v) is 11.7. The number of amides is 2. The zero-order valence-corrected chi connectivity index (χ0v) is 17.9. The molecular weight excluding hydrogens is 405 g/mol. The Hall–Kier alpha value is -2.29. The van der Waals surface area contributed by atoms with Gasteiger partial charge in [-0.05, 0) is 92.3 Å². The lowest BCUT2D eigenvalue weighted by molar-refractivity contribution is 0.0784. The van der Waals surface area contributed by atoms with Crippen LogP contribution in [0.25, 0.3) is 0 Å². The van der Waals surface area contributed by atoms with Gasteiger partial charge in [0.2, 0.25) is 0 Å². The Kier molecular flexibility index (Phi) is 5.20. The second kappa shape index (κ2) is 7.44. The van der Waals surface area contributed by atoms with Gasteiger partial charge in [-0.2, -0.15) is 0 Å². The summed E-state index contributed by atoms with van der Waals surface area (Å²) in [4.78, 5) is 12.8. The summed E-state index contributed by atoms with van der Waals surface area (Å²) in [6, 6.07) is 5.49. The van der Waals surface area contributed by atoms with Crippen LogP contribution < -0.4 is 10.5 Å². The number of carbonyl (C=O) groups excluding carboxylic acids is 1. The van der Waals surface area contributed by atoms with Gasteiger partial charge in [0.25, 0.3) is 0 Å². The number of benzene rings is 2. The van der Waals surface area contributed by atoms with Gasteiger partial charge in [0.1, 0.15) is 15.7 Å². The van der Waals surface area contributed by atoms with Crippen LogP contribution in [0.15, 0.2) is 33.5 Å². The highest BCUT2D eigenvalue weighted by Crippen LogP contribution is 2.41. The number of nitrogens with zero attached hydrogens (tertiary/aromatic N) is 1. The lowest BCUT2D eigenvalue weighted by Gasteiger charge is -2.19. The maximum Gasteiger partial charge on any atom is 0.354 e. The number of hydrogen-bond donors (Lipinski definition) is 3. The third-order valence-electron chi connectivity index (χ3n) is 5.90. The van der Waals surface area contributed by atoms with Crippen LogP contribution in [0.3, 0.4) is 0 Å². The molecule has 0 spiro atoms. The fraction of sp³-hybridized carbons (Fsp3) is 0.409. The van der Waals surface area contributed by atoms with Crippen LogP contribution in [0, 0.1) is 5.82 Å². The standard InChI is InChI=1S/C22H26FN3O3S/c1-22(2,28)13-6-3-7-14(12-13)30(24,29)26-21(27)25-20-17-10-4-8-15(17)19(23)16-9-5-11-18(16)20/h3,6-7,12,28H,4-5,8-11H2,1-2H3,(H3,24,25,26,27,29)/t30-/m0/s1. The Morgan fingerprint density at radius 1 is 1.13 bits per heavy atom. The van der Waals surface area contributed by atoms with E-state index in [0.717, 1.165) is 24.0 Å². The lowest BCUT2D eigenvalue weighted by Crippen LogP contribution is -2.21. The van der Waals surface area contributed by atoms with Gasteiger partial charge in [0.05, 0.1) is 10.5 Å². The monoisotopic (exact) mass is 431 g/mol. The Morgan fingerprint density at radius 3 is 2.27 bits per heavy atom. The second-order valence-corrected chi connectivity index (χ2v) is 10.3. The average Bonchev–Trinajstić information content (AvgIpc) is 3.34. The van der Waals surface area contributed by atoms with E-state index in [0.29, 0.717) is 48.1 Å². The number of carbonyl (C=O) groups is 1. The van der Waals surface area contributed by atoms with E-state index < -0.39 is 21.5 Å². The van der Waals surface area contributed by atoms with Gasteiger partial charge in [-0.1, -0.05) is 12.1 Å². The minimum atomic E-state index is -3.52. The normalized spacial score (nSPS) is 17.2. The number of aliphatic hydroxyl groups is 1. The van der Waals surface area contributed by atoms with Crippen molar-refractivity contribution in [3.63, 3.8) is 0 Å². The zero-order chi connectivity index (χ0) is 21.7. The molecule has 0 aromatic heterocycles. The van der Waals surface area contributed by atoms with Gasteiger partial charge >= 0.3 is 6.03 Å². The molecule has 160 valence electrons. The number of hydrogen-bond acceptors (Lipinski definition) is 3. The molecule has 0 heterocycles. The molecule has 4 rings (SSSR count). The molecule has 0 radical (unpaired) electrons. The third-order valence-corrected chi connectivity index (χ3v) is 7.26. The molecule has 2 amide bonds. The quantitative estimate of drug-likeness (QED) is 0.685. The summed E-state index contributed by atoms with van der Waals surface area (Å²) in [5, 5.41) is 18.9. The van der Waals surface area contributed by atoms with Crippen molar-refractivity contribution in [2.45, 2.75) is 62.9 Å². The molecule has 2 aliphatic rings. The van der Waals surface area contributed by atoms with Gasteiger partial charge in [-0.25, -0.2) is 18.5 Å². The number of halogens is 1. The second-order valence-electron chi connectivity index (χ2n) is 8.49. The Bertz CT molecular complexity index is 1130. The molecule has 0 saturated heterocycles. The third kappa shape index (κ3) is 3.75. The van der Waals surface area contributed by atoms with Crippen molar-refractivity contribution in [2.75, 3.05) is 5.32 Å². The molecule has 0 fully saturated rings. The Morgan fingerprint density at radius 2 is 1.70 bits per heavy atom. The van der Waals surface area contributed by atoms with Gasteiger partial charge in [-0.15, -0.1) is 4.36 Å². The van der Waals surface area contributed by atoms with Crippen LogP contribution in [-0.4, -0.2) is 15.3 Å². The van der Waals surface area contributed by atoms with E-state index in [1.807, 2.05) is 0 Å². The minimum Gasteiger partial charge on any atom is -0.386 e. The number of rotatable bonds is 3. The summed E-state index contributed by atoms with van der Waals surface area (Å²) in [6.45, 7) is 3.20. The number of anilines is 1. The van der Waals surface area contributed by atoms with Crippen molar-refractivity contribution in [3.05, 3.63) is 57.9 Å². The first-order valence-electron chi connectivity index (χ1n) is 10.1. The first-order chi connectivity index (χ1) is 14.1. The fourth-order valence-corrected chi connectivity index (χ4v) is 5.37. The van der Waals surface area contributed by atoms with Crippen molar-refractivity contribution < 1.29 is 18.5 Å². The molecule has 6 nitrogen and oxygen atoms in total. The Labute approximate surface area is 176 Å².